The first-order valence-corrected chi connectivity index (χ1v) is 12.4. The van der Waals surface area contributed by atoms with Gasteiger partial charge < -0.3 is 11.1 Å². The third-order valence-electron chi connectivity index (χ3n) is 6.32. The Labute approximate surface area is 220 Å². The van der Waals surface area contributed by atoms with Gasteiger partial charge in [0.25, 0.3) is 11.8 Å². The lowest BCUT2D eigenvalue weighted by Crippen LogP contribution is -2.27. The molecule has 0 radical (unpaired) electrons. The Morgan fingerprint density at radius 3 is 2.26 bits per heavy atom. The van der Waals surface area contributed by atoms with Crippen molar-refractivity contribution in [2.75, 3.05) is 6.54 Å². The van der Waals surface area contributed by atoms with Gasteiger partial charge in [0.1, 0.15) is 22.9 Å². The van der Waals surface area contributed by atoms with Crippen LogP contribution < -0.4 is 11.1 Å². The fourth-order valence-electron chi connectivity index (χ4n) is 4.43. The molecule has 190 valence electrons. The van der Waals surface area contributed by atoms with E-state index in [0.717, 1.165) is 22.3 Å². The van der Waals surface area contributed by atoms with Gasteiger partial charge in [-0.25, -0.2) is 9.37 Å². The number of nitrogens with one attached hydrogen (secondary N) is 1. The molecule has 0 saturated heterocycles. The first-order valence-electron chi connectivity index (χ1n) is 12.4. The summed E-state index contributed by atoms with van der Waals surface area (Å²) in [6.07, 6.45) is 1.78. The van der Waals surface area contributed by atoms with Crippen molar-refractivity contribution in [3.8, 4) is 33.5 Å². The van der Waals surface area contributed by atoms with E-state index in [-0.39, 0.29) is 17.4 Å². The zero-order valence-corrected chi connectivity index (χ0v) is 21.1. The number of fused-ring (bicyclic) bond motifs is 1. The van der Waals surface area contributed by atoms with Gasteiger partial charge >= 0.3 is 0 Å². The van der Waals surface area contributed by atoms with Gasteiger partial charge in [0.2, 0.25) is 0 Å². The van der Waals surface area contributed by atoms with Crippen LogP contribution in [0.25, 0.3) is 39.2 Å². The van der Waals surface area contributed by atoms with Crippen molar-refractivity contribution in [2.24, 2.45) is 11.7 Å². The van der Waals surface area contributed by atoms with E-state index in [9.17, 15) is 14.0 Å². The van der Waals surface area contributed by atoms with E-state index in [4.69, 9.17) is 5.73 Å². The van der Waals surface area contributed by atoms with Gasteiger partial charge in [-0.3, -0.25) is 14.0 Å². The average Bonchev–Trinajstić information content (AvgIpc) is 3.31. The Morgan fingerprint density at radius 2 is 1.58 bits per heavy atom. The maximum absolute atomic E-state index is 13.5. The molecule has 0 saturated carbocycles. The van der Waals surface area contributed by atoms with E-state index in [0.29, 0.717) is 34.9 Å². The topological polar surface area (TPSA) is 89.5 Å². The molecule has 2 aromatic heterocycles. The van der Waals surface area contributed by atoms with Crippen molar-refractivity contribution in [2.45, 2.75) is 13.8 Å². The molecular formula is C31H27FN4O2. The number of benzene rings is 3. The summed E-state index contributed by atoms with van der Waals surface area (Å²) in [4.78, 5) is 30.3. The SMILES string of the molecule is CC(C)CNC(=O)c1cc(-c2ccc3nc(-c4ccc(F)cc4)c(C(N)=O)n3c2)ccc1-c1ccccc1. The molecule has 7 heteroatoms. The maximum Gasteiger partial charge on any atom is 0.268 e. The number of pyridine rings is 1. The van der Waals surface area contributed by atoms with Gasteiger partial charge in [-0.2, -0.15) is 0 Å². The largest absolute Gasteiger partial charge is 0.364 e. The van der Waals surface area contributed by atoms with E-state index < -0.39 is 5.91 Å². The van der Waals surface area contributed by atoms with Crippen LogP contribution in [-0.2, 0) is 0 Å². The minimum atomic E-state index is -0.651. The Kier molecular flexibility index (Phi) is 6.75. The summed E-state index contributed by atoms with van der Waals surface area (Å²) in [5.74, 6) is -0.872. The van der Waals surface area contributed by atoms with Crippen molar-refractivity contribution in [1.82, 2.24) is 14.7 Å². The van der Waals surface area contributed by atoms with Crippen LogP contribution in [-0.4, -0.2) is 27.7 Å². The van der Waals surface area contributed by atoms with Crippen LogP contribution in [0.15, 0.2) is 91.1 Å². The minimum Gasteiger partial charge on any atom is -0.364 e. The molecule has 0 aliphatic rings. The molecule has 3 N–H and O–H groups in total. The van der Waals surface area contributed by atoms with Crippen LogP contribution in [0, 0.1) is 11.7 Å². The second-order valence-electron chi connectivity index (χ2n) is 9.56. The first kappa shape index (κ1) is 24.9. The lowest BCUT2D eigenvalue weighted by Gasteiger charge is -2.14. The number of halogens is 1. The molecule has 38 heavy (non-hydrogen) atoms. The molecule has 0 fully saturated rings. The highest BCUT2D eigenvalue weighted by Crippen LogP contribution is 2.31. The molecule has 5 rings (SSSR count). The molecule has 2 amide bonds. The number of hydrogen-bond donors (Lipinski definition) is 2. The molecule has 0 atom stereocenters. The molecule has 0 aliphatic carbocycles. The van der Waals surface area contributed by atoms with E-state index in [1.807, 2.05) is 68.4 Å². The van der Waals surface area contributed by atoms with Crippen LogP contribution in [0.1, 0.15) is 34.7 Å². The number of aromatic nitrogens is 2. The predicted molar refractivity (Wildman–Crippen MR) is 147 cm³/mol. The number of imidazole rings is 1. The Morgan fingerprint density at radius 1 is 0.895 bits per heavy atom. The van der Waals surface area contributed by atoms with Crippen LogP contribution >= 0.6 is 0 Å². The molecule has 0 aliphatic heterocycles. The summed E-state index contributed by atoms with van der Waals surface area (Å²) in [6, 6.07) is 24.9. The van der Waals surface area contributed by atoms with Crippen LogP contribution in [0.2, 0.25) is 0 Å². The molecular weight excluding hydrogens is 479 g/mol. The van der Waals surface area contributed by atoms with Crippen molar-refractivity contribution >= 4 is 17.5 Å². The molecule has 6 nitrogen and oxygen atoms in total. The number of amides is 2. The van der Waals surface area contributed by atoms with Crippen molar-refractivity contribution < 1.29 is 14.0 Å². The summed E-state index contributed by atoms with van der Waals surface area (Å²) in [5.41, 5.74) is 11.4. The summed E-state index contributed by atoms with van der Waals surface area (Å²) in [6.45, 7) is 4.66. The fraction of sp³-hybridized carbons (Fsp3) is 0.129. The Balaban J connectivity index is 1.63. The first-order chi connectivity index (χ1) is 18.3. The van der Waals surface area contributed by atoms with Gasteiger partial charge in [-0.1, -0.05) is 56.3 Å². The van der Waals surface area contributed by atoms with Crippen molar-refractivity contribution in [3.63, 3.8) is 0 Å². The quantitative estimate of drug-likeness (QED) is 0.285. The molecule has 2 heterocycles. The molecule has 0 bridgehead atoms. The van der Waals surface area contributed by atoms with Gasteiger partial charge in [0.05, 0.1) is 0 Å². The minimum absolute atomic E-state index is 0.153. The molecule has 0 spiro atoms. The zero-order valence-electron chi connectivity index (χ0n) is 21.1. The van der Waals surface area contributed by atoms with E-state index in [1.165, 1.54) is 12.1 Å². The second kappa shape index (κ2) is 10.3. The van der Waals surface area contributed by atoms with Crippen LogP contribution in [0.5, 0.6) is 0 Å². The molecule has 5 aromatic rings. The second-order valence-corrected chi connectivity index (χ2v) is 9.56. The molecule has 0 unspecified atom stereocenters. The van der Waals surface area contributed by atoms with Gasteiger partial charge in [0.15, 0.2) is 0 Å². The zero-order chi connectivity index (χ0) is 26.8. The highest BCUT2D eigenvalue weighted by molar-refractivity contribution is 6.02. The highest BCUT2D eigenvalue weighted by Gasteiger charge is 2.20. The summed E-state index contributed by atoms with van der Waals surface area (Å²) < 4.78 is 15.1. The van der Waals surface area contributed by atoms with Gasteiger partial charge in [0, 0.05) is 23.9 Å². The number of hydrogen-bond acceptors (Lipinski definition) is 3. The van der Waals surface area contributed by atoms with Gasteiger partial charge in [-0.05, 0) is 70.6 Å². The van der Waals surface area contributed by atoms with E-state index in [1.54, 1.807) is 28.8 Å². The number of primary amides is 1. The summed E-state index contributed by atoms with van der Waals surface area (Å²) >= 11 is 0. The highest BCUT2D eigenvalue weighted by atomic mass is 19.1. The maximum atomic E-state index is 13.5. The fourth-order valence-corrected chi connectivity index (χ4v) is 4.43. The smallest absolute Gasteiger partial charge is 0.268 e. The molecule has 3 aromatic carbocycles. The summed E-state index contributed by atoms with van der Waals surface area (Å²) in [7, 11) is 0. The van der Waals surface area contributed by atoms with Crippen LogP contribution in [0.4, 0.5) is 4.39 Å². The summed E-state index contributed by atoms with van der Waals surface area (Å²) in [5, 5.41) is 3.02. The third kappa shape index (κ3) is 4.91. The number of carbonyl (C=O) groups is 2. The average molecular weight is 507 g/mol. The van der Waals surface area contributed by atoms with Crippen LogP contribution in [0.3, 0.4) is 0 Å². The van der Waals surface area contributed by atoms with Crippen molar-refractivity contribution in [1.29, 1.82) is 0 Å². The number of carbonyl (C=O) groups excluding carboxylic acids is 2. The van der Waals surface area contributed by atoms with E-state index >= 15 is 0 Å². The number of nitrogens with two attached hydrogens (primary N) is 1. The standard InChI is InChI=1S/C31H27FN4O2/c1-19(2)17-34-31(38)26-16-22(10-14-25(26)20-6-4-3-5-7-20)23-11-15-27-35-28(21-8-12-24(32)13-9-21)29(30(33)37)36(27)18-23/h3-16,18-19H,17H2,1-2H3,(H2,33,37)(H,34,38). The number of nitrogens with zero attached hydrogens (tertiary/aromatic N) is 2. The third-order valence-corrected chi connectivity index (χ3v) is 6.32. The number of rotatable bonds is 7. The predicted octanol–water partition coefficient (Wildman–Crippen LogP) is 5.96. The monoisotopic (exact) mass is 506 g/mol. The lowest BCUT2D eigenvalue weighted by molar-refractivity contribution is 0.0948. The van der Waals surface area contributed by atoms with E-state index in [2.05, 4.69) is 10.3 Å². The lowest BCUT2D eigenvalue weighted by atomic mass is 9.95. The normalized spacial score (nSPS) is 11.2. The van der Waals surface area contributed by atoms with Gasteiger partial charge in [-0.15, -0.1) is 0 Å². The Hall–Kier alpha value is -4.78. The Bertz CT molecular complexity index is 1640. The van der Waals surface area contributed by atoms with Crippen molar-refractivity contribution in [3.05, 3.63) is 108 Å².